The summed E-state index contributed by atoms with van der Waals surface area (Å²) in [6, 6.07) is 14.1. The number of amides is 1. The Morgan fingerprint density at radius 2 is 1.86 bits per heavy atom. The standard InChI is InChI=1S/C23H24N2O3/c1-15-22(16-8-11-25(15)12-9-16)24-23(26)21-7-6-20(28-21)19-5-3-2-4-18(19)17-10-13-27-14-17/h2-7,10,13-16,22H,8-9,11-12H2,1H3,(H,24,26)/t15-,22+/m1/s1. The van der Waals surface area contributed by atoms with Gasteiger partial charge in [-0.25, -0.2) is 0 Å². The van der Waals surface area contributed by atoms with E-state index in [1.165, 1.54) is 0 Å². The number of nitrogens with one attached hydrogen (secondary N) is 1. The van der Waals surface area contributed by atoms with Gasteiger partial charge in [0.15, 0.2) is 5.76 Å². The van der Waals surface area contributed by atoms with E-state index in [2.05, 4.69) is 17.1 Å². The Bertz CT molecular complexity index is 965. The first kappa shape index (κ1) is 17.3. The normalized spacial score (nSPS) is 26.3. The number of carbonyl (C=O) groups is 1. The van der Waals surface area contributed by atoms with Crippen LogP contribution in [0.4, 0.5) is 0 Å². The Balaban J connectivity index is 1.38. The van der Waals surface area contributed by atoms with Crippen LogP contribution in [0.3, 0.4) is 0 Å². The highest BCUT2D eigenvalue weighted by Crippen LogP contribution is 2.34. The number of furan rings is 2. The molecular weight excluding hydrogens is 352 g/mol. The van der Waals surface area contributed by atoms with E-state index in [0.717, 1.165) is 42.6 Å². The van der Waals surface area contributed by atoms with Crippen LogP contribution in [0, 0.1) is 5.92 Å². The molecule has 5 nitrogen and oxygen atoms in total. The molecule has 144 valence electrons. The van der Waals surface area contributed by atoms with Gasteiger partial charge in [-0.2, -0.15) is 0 Å². The second kappa shape index (κ2) is 6.99. The highest BCUT2D eigenvalue weighted by molar-refractivity contribution is 5.93. The van der Waals surface area contributed by atoms with Crippen LogP contribution in [0.2, 0.25) is 0 Å². The molecule has 3 aromatic rings. The fraction of sp³-hybridized carbons (Fsp3) is 0.348. The molecule has 28 heavy (non-hydrogen) atoms. The van der Waals surface area contributed by atoms with E-state index in [0.29, 0.717) is 23.5 Å². The van der Waals surface area contributed by atoms with E-state index < -0.39 is 0 Å². The van der Waals surface area contributed by atoms with Gasteiger partial charge in [-0.15, -0.1) is 0 Å². The average molecular weight is 376 g/mol. The van der Waals surface area contributed by atoms with Crippen molar-refractivity contribution in [1.29, 1.82) is 0 Å². The molecule has 2 bridgehead atoms. The Hall–Kier alpha value is -2.79. The van der Waals surface area contributed by atoms with E-state index in [4.69, 9.17) is 8.83 Å². The molecule has 3 aliphatic rings. The van der Waals surface area contributed by atoms with Crippen LogP contribution in [0.5, 0.6) is 0 Å². The topological polar surface area (TPSA) is 58.6 Å². The SMILES string of the molecule is C[C@@H]1[C@H](NC(=O)c2ccc(-c3ccccc3-c3ccoc3)o2)C2CCN1CC2. The minimum atomic E-state index is -0.127. The van der Waals surface area contributed by atoms with Gasteiger partial charge in [0, 0.05) is 23.2 Å². The molecule has 2 atom stereocenters. The van der Waals surface area contributed by atoms with Crippen molar-refractivity contribution < 1.29 is 13.6 Å². The Labute approximate surface area is 164 Å². The van der Waals surface area contributed by atoms with Gasteiger partial charge >= 0.3 is 0 Å². The summed E-state index contributed by atoms with van der Waals surface area (Å²) in [5, 5.41) is 3.23. The first-order valence-electron chi connectivity index (χ1n) is 9.97. The number of carbonyl (C=O) groups excluding carboxylic acids is 1. The van der Waals surface area contributed by atoms with Crippen LogP contribution in [0.1, 0.15) is 30.3 Å². The van der Waals surface area contributed by atoms with Crippen molar-refractivity contribution in [2.45, 2.75) is 31.8 Å². The Morgan fingerprint density at radius 3 is 2.57 bits per heavy atom. The van der Waals surface area contributed by atoms with Crippen molar-refractivity contribution in [1.82, 2.24) is 10.2 Å². The van der Waals surface area contributed by atoms with Crippen molar-refractivity contribution in [3.8, 4) is 22.5 Å². The molecule has 0 radical (unpaired) electrons. The Kier molecular flexibility index (Phi) is 4.32. The van der Waals surface area contributed by atoms with Gasteiger partial charge in [-0.3, -0.25) is 9.69 Å². The van der Waals surface area contributed by atoms with Crippen LogP contribution < -0.4 is 5.32 Å². The first-order chi connectivity index (χ1) is 13.7. The largest absolute Gasteiger partial charge is 0.472 e. The molecule has 0 aliphatic carbocycles. The minimum Gasteiger partial charge on any atom is -0.472 e. The molecule has 3 saturated heterocycles. The number of hydrogen-bond donors (Lipinski definition) is 1. The van der Waals surface area contributed by atoms with Crippen molar-refractivity contribution in [2.75, 3.05) is 13.1 Å². The van der Waals surface area contributed by atoms with Crippen molar-refractivity contribution in [3.05, 3.63) is 60.8 Å². The van der Waals surface area contributed by atoms with E-state index in [1.54, 1.807) is 18.6 Å². The van der Waals surface area contributed by atoms with Crippen LogP contribution in [-0.2, 0) is 0 Å². The number of benzene rings is 1. The van der Waals surface area contributed by atoms with E-state index >= 15 is 0 Å². The fourth-order valence-electron chi connectivity index (χ4n) is 4.74. The van der Waals surface area contributed by atoms with Crippen LogP contribution in [0.25, 0.3) is 22.5 Å². The summed E-state index contributed by atoms with van der Waals surface area (Å²) in [5.41, 5.74) is 2.95. The second-order valence-corrected chi connectivity index (χ2v) is 7.83. The predicted molar refractivity (Wildman–Crippen MR) is 107 cm³/mol. The number of piperidine rings is 3. The van der Waals surface area contributed by atoms with Crippen LogP contribution in [0.15, 0.2) is 63.8 Å². The summed E-state index contributed by atoms with van der Waals surface area (Å²) in [6.45, 7) is 4.51. The monoisotopic (exact) mass is 376 g/mol. The third-order valence-corrected chi connectivity index (χ3v) is 6.33. The maximum Gasteiger partial charge on any atom is 0.287 e. The zero-order valence-electron chi connectivity index (χ0n) is 15.9. The van der Waals surface area contributed by atoms with Crippen LogP contribution >= 0.6 is 0 Å². The molecule has 1 N–H and O–H groups in total. The summed E-state index contributed by atoms with van der Waals surface area (Å²) >= 11 is 0. The van der Waals surface area contributed by atoms with Gasteiger partial charge in [-0.05, 0) is 62.5 Å². The fourth-order valence-corrected chi connectivity index (χ4v) is 4.74. The molecule has 3 fully saturated rings. The number of nitrogens with zero attached hydrogens (tertiary/aromatic N) is 1. The van der Waals surface area contributed by atoms with Gasteiger partial charge in [0.1, 0.15) is 5.76 Å². The van der Waals surface area contributed by atoms with Crippen LogP contribution in [-0.4, -0.2) is 36.0 Å². The third kappa shape index (κ3) is 2.96. The second-order valence-electron chi connectivity index (χ2n) is 7.83. The summed E-state index contributed by atoms with van der Waals surface area (Å²) in [6.07, 6.45) is 5.69. The third-order valence-electron chi connectivity index (χ3n) is 6.33. The number of fused-ring (bicyclic) bond motifs is 3. The molecule has 0 saturated carbocycles. The van der Waals surface area contributed by atoms with Gasteiger partial charge in [-0.1, -0.05) is 24.3 Å². The van der Waals surface area contributed by atoms with Crippen molar-refractivity contribution in [2.24, 2.45) is 5.92 Å². The zero-order valence-corrected chi connectivity index (χ0v) is 15.9. The lowest BCUT2D eigenvalue weighted by molar-refractivity contribution is 0.0211. The number of rotatable bonds is 4. The molecule has 0 unspecified atom stereocenters. The molecule has 3 aliphatic heterocycles. The molecule has 2 aromatic heterocycles. The lowest BCUT2D eigenvalue weighted by Crippen LogP contribution is -2.62. The summed E-state index contributed by atoms with van der Waals surface area (Å²) < 4.78 is 11.2. The first-order valence-corrected chi connectivity index (χ1v) is 9.97. The Morgan fingerprint density at radius 1 is 1.07 bits per heavy atom. The maximum atomic E-state index is 12.9. The molecule has 1 aromatic carbocycles. The highest BCUT2D eigenvalue weighted by atomic mass is 16.4. The predicted octanol–water partition coefficient (Wildman–Crippen LogP) is 4.42. The summed E-state index contributed by atoms with van der Waals surface area (Å²) in [4.78, 5) is 15.3. The van der Waals surface area contributed by atoms with Gasteiger partial charge in [0.2, 0.25) is 0 Å². The molecule has 6 rings (SSSR count). The van der Waals surface area contributed by atoms with Gasteiger partial charge < -0.3 is 14.2 Å². The van der Waals surface area contributed by atoms with Gasteiger partial charge in [0.05, 0.1) is 12.5 Å². The minimum absolute atomic E-state index is 0.127. The quantitative estimate of drug-likeness (QED) is 0.732. The van der Waals surface area contributed by atoms with Gasteiger partial charge in [0.25, 0.3) is 5.91 Å². The van der Waals surface area contributed by atoms with Crippen molar-refractivity contribution in [3.63, 3.8) is 0 Å². The summed E-state index contributed by atoms with van der Waals surface area (Å²) in [7, 11) is 0. The summed E-state index contributed by atoms with van der Waals surface area (Å²) in [5.74, 6) is 1.49. The van der Waals surface area contributed by atoms with E-state index in [-0.39, 0.29) is 11.9 Å². The molecule has 0 spiro atoms. The maximum absolute atomic E-state index is 12.9. The molecule has 5 heteroatoms. The van der Waals surface area contributed by atoms with E-state index in [9.17, 15) is 4.79 Å². The highest BCUT2D eigenvalue weighted by Gasteiger charge is 2.40. The smallest absolute Gasteiger partial charge is 0.287 e. The van der Waals surface area contributed by atoms with E-state index in [1.807, 2.05) is 36.4 Å². The van der Waals surface area contributed by atoms with Crippen molar-refractivity contribution >= 4 is 5.91 Å². The molecule has 5 heterocycles. The average Bonchev–Trinajstić information content (AvgIpc) is 3.43. The number of hydrogen-bond acceptors (Lipinski definition) is 4. The lowest BCUT2D eigenvalue weighted by atomic mass is 9.79. The zero-order chi connectivity index (χ0) is 19.1. The molecular formula is C23H24N2O3. The lowest BCUT2D eigenvalue weighted by Gasteiger charge is -2.49. The molecule has 1 amide bonds.